The fraction of sp³-hybridized carbons (Fsp3) is 0.200. The van der Waals surface area contributed by atoms with Crippen LogP contribution in [0.2, 0.25) is 5.02 Å². The maximum Gasteiger partial charge on any atom is 0.240 e. The molecule has 7 nitrogen and oxygen atoms in total. The Labute approximate surface area is 151 Å². The van der Waals surface area contributed by atoms with Crippen molar-refractivity contribution in [2.45, 2.75) is 11.3 Å². The predicted molar refractivity (Wildman–Crippen MR) is 96.9 cm³/mol. The molecule has 10 heteroatoms. The molecule has 0 saturated carbocycles. The molecule has 2 rings (SSSR count). The lowest BCUT2D eigenvalue weighted by Crippen LogP contribution is -2.21. The summed E-state index contributed by atoms with van der Waals surface area (Å²) in [7, 11) is -6.56. The van der Waals surface area contributed by atoms with Crippen LogP contribution in [-0.2, 0) is 26.5 Å². The van der Waals surface area contributed by atoms with E-state index in [1.54, 1.807) is 24.3 Å². The monoisotopic (exact) mass is 404 g/mol. The normalized spacial score (nSPS) is 12.0. The average Bonchev–Trinajstić information content (AvgIpc) is 2.53. The van der Waals surface area contributed by atoms with Crippen LogP contribution in [0.4, 0.5) is 5.69 Å². The topological polar surface area (TPSA) is 116 Å². The number of anilines is 1. The van der Waals surface area contributed by atoms with Crippen molar-refractivity contribution >= 4 is 37.3 Å². The summed E-state index contributed by atoms with van der Waals surface area (Å²) in [5.74, 6) is 0.0122. The SMILES string of the molecule is COc1ccc(NS(=O)(=O)CCc2ccc(Cl)cc2)c(S(N)(=O)=O)c1. The van der Waals surface area contributed by atoms with Crippen LogP contribution < -0.4 is 14.6 Å². The zero-order chi connectivity index (χ0) is 18.7. The number of hydrogen-bond acceptors (Lipinski definition) is 5. The molecule has 0 fully saturated rings. The molecule has 0 radical (unpaired) electrons. The van der Waals surface area contributed by atoms with Gasteiger partial charge in [-0.05, 0) is 36.2 Å². The van der Waals surface area contributed by atoms with E-state index >= 15 is 0 Å². The zero-order valence-corrected chi connectivity index (χ0v) is 15.7. The van der Waals surface area contributed by atoms with Crippen LogP contribution in [-0.4, -0.2) is 29.7 Å². The average molecular weight is 405 g/mol. The van der Waals surface area contributed by atoms with Gasteiger partial charge >= 0.3 is 0 Å². The van der Waals surface area contributed by atoms with E-state index in [4.69, 9.17) is 21.5 Å². The summed E-state index contributed by atoms with van der Waals surface area (Å²) in [6.45, 7) is 0. The Bertz CT molecular complexity index is 958. The third-order valence-corrected chi connectivity index (χ3v) is 5.81. The second-order valence-corrected chi connectivity index (χ2v) is 9.01. The molecule has 0 amide bonds. The summed E-state index contributed by atoms with van der Waals surface area (Å²) in [4.78, 5) is -0.359. The molecule has 0 heterocycles. The van der Waals surface area contributed by atoms with Crippen molar-refractivity contribution in [1.82, 2.24) is 0 Å². The number of halogens is 1. The van der Waals surface area contributed by atoms with Gasteiger partial charge in [0.25, 0.3) is 0 Å². The molecule has 136 valence electrons. The van der Waals surface area contributed by atoms with Crippen LogP contribution in [0.3, 0.4) is 0 Å². The predicted octanol–water partition coefficient (Wildman–Crippen LogP) is 1.98. The number of rotatable bonds is 7. The molecule has 25 heavy (non-hydrogen) atoms. The van der Waals surface area contributed by atoms with Gasteiger partial charge in [-0.25, -0.2) is 22.0 Å². The molecule has 0 aromatic heterocycles. The summed E-state index contributed by atoms with van der Waals surface area (Å²) < 4.78 is 55.1. The number of benzene rings is 2. The second-order valence-electron chi connectivity index (χ2n) is 5.20. The number of nitrogens with two attached hydrogens (primary N) is 1. The maximum absolute atomic E-state index is 12.3. The standard InChI is InChI=1S/C15H17ClN2O5S2/c1-23-13-6-7-14(15(10-13)25(17,21)22)18-24(19,20)9-8-11-2-4-12(16)5-3-11/h2-7,10,18H,8-9H2,1H3,(H2,17,21,22). The number of primary sulfonamides is 1. The fourth-order valence-electron chi connectivity index (χ4n) is 2.07. The molecule has 0 aliphatic rings. The summed E-state index contributed by atoms with van der Waals surface area (Å²) in [5.41, 5.74) is 0.663. The van der Waals surface area contributed by atoms with Gasteiger partial charge in [-0.3, -0.25) is 4.72 Å². The van der Waals surface area contributed by atoms with E-state index < -0.39 is 20.0 Å². The van der Waals surface area contributed by atoms with Gasteiger partial charge in [0.15, 0.2) is 0 Å². The Balaban J connectivity index is 2.21. The highest BCUT2D eigenvalue weighted by Gasteiger charge is 2.19. The number of aryl methyl sites for hydroxylation is 1. The minimum Gasteiger partial charge on any atom is -0.497 e. The molecule has 0 unspecified atom stereocenters. The van der Waals surface area contributed by atoms with Gasteiger partial charge in [-0.15, -0.1) is 0 Å². The first-order valence-corrected chi connectivity index (χ1v) is 10.6. The number of ether oxygens (including phenoxy) is 1. The van der Waals surface area contributed by atoms with Gasteiger partial charge in [0.1, 0.15) is 10.6 Å². The van der Waals surface area contributed by atoms with E-state index in [1.807, 2.05) is 0 Å². The van der Waals surface area contributed by atoms with Gasteiger partial charge in [0.2, 0.25) is 20.0 Å². The lowest BCUT2D eigenvalue weighted by Gasteiger charge is -2.13. The smallest absolute Gasteiger partial charge is 0.240 e. The van der Waals surface area contributed by atoms with Crippen LogP contribution in [0, 0.1) is 0 Å². The Morgan fingerprint density at radius 1 is 1.08 bits per heavy atom. The first-order chi connectivity index (χ1) is 11.6. The van der Waals surface area contributed by atoms with Crippen molar-refractivity contribution in [2.75, 3.05) is 17.6 Å². The molecule has 0 bridgehead atoms. The van der Waals surface area contributed by atoms with Crippen molar-refractivity contribution in [2.24, 2.45) is 5.14 Å². The Morgan fingerprint density at radius 3 is 2.28 bits per heavy atom. The third-order valence-electron chi connectivity index (χ3n) is 3.33. The number of methoxy groups -OCH3 is 1. The molecule has 2 aromatic rings. The molecule has 0 aliphatic heterocycles. The van der Waals surface area contributed by atoms with E-state index in [-0.39, 0.29) is 28.5 Å². The fourth-order valence-corrected chi connectivity index (χ4v) is 4.09. The Morgan fingerprint density at radius 2 is 1.72 bits per heavy atom. The minimum absolute atomic E-state index is 0.126. The summed E-state index contributed by atoms with van der Waals surface area (Å²) in [6, 6.07) is 10.7. The molecule has 0 aliphatic carbocycles. The van der Waals surface area contributed by atoms with Gasteiger partial charge in [0.05, 0.1) is 18.6 Å². The largest absolute Gasteiger partial charge is 0.497 e. The van der Waals surface area contributed by atoms with Crippen LogP contribution in [0.25, 0.3) is 0 Å². The number of sulfonamides is 2. The molecule has 0 atom stereocenters. The lowest BCUT2D eigenvalue weighted by molar-refractivity contribution is 0.413. The highest BCUT2D eigenvalue weighted by atomic mass is 35.5. The molecule has 3 N–H and O–H groups in total. The van der Waals surface area contributed by atoms with Crippen molar-refractivity contribution in [3.05, 3.63) is 53.1 Å². The lowest BCUT2D eigenvalue weighted by atomic mass is 10.2. The highest BCUT2D eigenvalue weighted by molar-refractivity contribution is 7.93. The minimum atomic E-state index is -4.13. The van der Waals surface area contributed by atoms with Crippen molar-refractivity contribution < 1.29 is 21.6 Å². The summed E-state index contributed by atoms with van der Waals surface area (Å²) >= 11 is 5.78. The van der Waals surface area contributed by atoms with Crippen molar-refractivity contribution in [1.29, 1.82) is 0 Å². The quantitative estimate of drug-likeness (QED) is 0.732. The zero-order valence-electron chi connectivity index (χ0n) is 13.3. The summed E-state index contributed by atoms with van der Waals surface area (Å²) in [5, 5.41) is 5.70. The number of nitrogens with one attached hydrogen (secondary N) is 1. The van der Waals surface area contributed by atoms with E-state index in [2.05, 4.69) is 4.72 Å². The van der Waals surface area contributed by atoms with Crippen molar-refractivity contribution in [3.8, 4) is 5.75 Å². The van der Waals surface area contributed by atoms with Gasteiger partial charge < -0.3 is 4.74 Å². The first-order valence-electron chi connectivity index (χ1n) is 7.06. The molecule has 0 saturated heterocycles. The van der Waals surface area contributed by atoms with Gasteiger partial charge in [0, 0.05) is 11.1 Å². The maximum atomic E-state index is 12.3. The summed E-state index contributed by atoms with van der Waals surface area (Å²) in [6.07, 6.45) is 0.243. The van der Waals surface area contributed by atoms with E-state index in [1.165, 1.54) is 19.2 Å². The van der Waals surface area contributed by atoms with Crippen LogP contribution >= 0.6 is 11.6 Å². The van der Waals surface area contributed by atoms with Gasteiger partial charge in [-0.1, -0.05) is 23.7 Å². The van der Waals surface area contributed by atoms with E-state index in [9.17, 15) is 16.8 Å². The Hall–Kier alpha value is -1.81. The van der Waals surface area contributed by atoms with Crippen LogP contribution in [0.15, 0.2) is 47.4 Å². The highest BCUT2D eigenvalue weighted by Crippen LogP contribution is 2.26. The third kappa shape index (κ3) is 5.60. The van der Waals surface area contributed by atoms with Gasteiger partial charge in [-0.2, -0.15) is 0 Å². The van der Waals surface area contributed by atoms with E-state index in [0.29, 0.717) is 5.02 Å². The number of hydrogen-bond donors (Lipinski definition) is 2. The van der Waals surface area contributed by atoms with Crippen LogP contribution in [0.1, 0.15) is 5.56 Å². The Kier molecular flexibility index (Phi) is 5.94. The molecule has 2 aromatic carbocycles. The second kappa shape index (κ2) is 7.61. The van der Waals surface area contributed by atoms with Crippen LogP contribution in [0.5, 0.6) is 5.75 Å². The van der Waals surface area contributed by atoms with Crippen molar-refractivity contribution in [3.63, 3.8) is 0 Å². The first kappa shape index (κ1) is 19.5. The molecular weight excluding hydrogens is 388 g/mol. The van der Waals surface area contributed by atoms with E-state index in [0.717, 1.165) is 11.6 Å². The molecule has 0 spiro atoms. The molecular formula is C15H17ClN2O5S2.